The van der Waals surface area contributed by atoms with Crippen LogP contribution in [0, 0.1) is 18.7 Å². The van der Waals surface area contributed by atoms with Crippen molar-refractivity contribution in [3.05, 3.63) is 100 Å². The van der Waals surface area contributed by atoms with Crippen molar-refractivity contribution in [2.24, 2.45) is 5.92 Å². The lowest BCUT2D eigenvalue weighted by Crippen LogP contribution is -2.46. The SMILES string of the molecule is Cc1cccc(F)c1C(=O)N1CCC[C@H](C(=O)Nc2cccc(C(C)(C)C)c2)[C@@H]1c1ccc(CN2CCCC2=O)cc1. The van der Waals surface area contributed by atoms with Crippen molar-refractivity contribution in [3.63, 3.8) is 0 Å². The average molecular weight is 570 g/mol. The zero-order valence-electron chi connectivity index (χ0n) is 25.0. The second-order valence-electron chi connectivity index (χ2n) is 12.6. The summed E-state index contributed by atoms with van der Waals surface area (Å²) in [4.78, 5) is 43.5. The Kier molecular flexibility index (Phi) is 8.48. The number of aryl methyl sites for hydroxylation is 1. The fraction of sp³-hybridized carbons (Fsp3) is 0.400. The minimum atomic E-state index is -0.571. The van der Waals surface area contributed by atoms with Crippen LogP contribution in [-0.2, 0) is 21.5 Å². The van der Waals surface area contributed by atoms with Crippen LogP contribution in [-0.4, -0.2) is 40.6 Å². The van der Waals surface area contributed by atoms with Gasteiger partial charge in [-0.25, -0.2) is 4.39 Å². The molecule has 2 heterocycles. The number of carbonyl (C=O) groups is 3. The highest BCUT2D eigenvalue weighted by atomic mass is 19.1. The number of amides is 3. The summed E-state index contributed by atoms with van der Waals surface area (Å²) in [5, 5.41) is 3.12. The first-order chi connectivity index (χ1) is 20.0. The summed E-state index contributed by atoms with van der Waals surface area (Å²) >= 11 is 0. The Labute approximate surface area is 247 Å². The highest BCUT2D eigenvalue weighted by Gasteiger charge is 2.40. The van der Waals surface area contributed by atoms with Crippen molar-refractivity contribution in [1.29, 1.82) is 0 Å². The highest BCUT2D eigenvalue weighted by molar-refractivity contribution is 5.98. The Balaban J connectivity index is 1.47. The molecule has 0 bridgehead atoms. The number of likely N-dealkylation sites (tertiary alicyclic amines) is 2. The van der Waals surface area contributed by atoms with Crippen LogP contribution in [0.5, 0.6) is 0 Å². The molecule has 2 aliphatic heterocycles. The van der Waals surface area contributed by atoms with Gasteiger partial charge in [0.15, 0.2) is 0 Å². The Bertz CT molecular complexity index is 1460. The van der Waals surface area contributed by atoms with Crippen LogP contribution < -0.4 is 5.32 Å². The zero-order valence-corrected chi connectivity index (χ0v) is 25.0. The molecule has 5 rings (SSSR count). The lowest BCUT2D eigenvalue weighted by molar-refractivity contribution is -0.128. The first kappa shape index (κ1) is 29.5. The van der Waals surface area contributed by atoms with Crippen LogP contribution in [0.1, 0.15) is 85.1 Å². The van der Waals surface area contributed by atoms with Gasteiger partial charge in [-0.3, -0.25) is 14.4 Å². The minimum Gasteiger partial charge on any atom is -0.338 e. The van der Waals surface area contributed by atoms with E-state index in [1.165, 1.54) is 6.07 Å². The van der Waals surface area contributed by atoms with Gasteiger partial charge in [0.25, 0.3) is 5.91 Å². The lowest BCUT2D eigenvalue weighted by Gasteiger charge is -2.41. The maximum atomic E-state index is 15.0. The van der Waals surface area contributed by atoms with Crippen LogP contribution in [0.15, 0.2) is 66.7 Å². The zero-order chi connectivity index (χ0) is 30.0. The summed E-state index contributed by atoms with van der Waals surface area (Å²) in [5.41, 5.74) is 4.17. The number of benzene rings is 3. The van der Waals surface area contributed by atoms with Crippen LogP contribution >= 0.6 is 0 Å². The van der Waals surface area contributed by atoms with Gasteiger partial charge in [0, 0.05) is 31.7 Å². The fourth-order valence-corrected chi connectivity index (χ4v) is 6.17. The summed E-state index contributed by atoms with van der Waals surface area (Å²) < 4.78 is 15.0. The third-order valence-electron chi connectivity index (χ3n) is 8.53. The van der Waals surface area contributed by atoms with Crippen LogP contribution in [0.25, 0.3) is 0 Å². The molecule has 220 valence electrons. The summed E-state index contributed by atoms with van der Waals surface area (Å²) in [7, 11) is 0. The van der Waals surface area contributed by atoms with Crippen molar-refractivity contribution >= 4 is 23.4 Å². The van der Waals surface area contributed by atoms with E-state index in [-0.39, 0.29) is 22.8 Å². The molecule has 2 aliphatic rings. The molecule has 0 unspecified atom stereocenters. The topological polar surface area (TPSA) is 69.7 Å². The fourth-order valence-electron chi connectivity index (χ4n) is 6.17. The molecule has 0 radical (unpaired) electrons. The average Bonchev–Trinajstić information content (AvgIpc) is 3.36. The number of anilines is 1. The Hall–Kier alpha value is -4.00. The number of halogens is 1. The van der Waals surface area contributed by atoms with Gasteiger partial charge in [0.05, 0.1) is 17.5 Å². The van der Waals surface area contributed by atoms with Gasteiger partial charge in [-0.1, -0.05) is 69.3 Å². The van der Waals surface area contributed by atoms with Gasteiger partial charge in [0.2, 0.25) is 11.8 Å². The Morgan fingerprint density at radius 1 is 0.976 bits per heavy atom. The number of nitrogens with zero attached hydrogens (tertiary/aromatic N) is 2. The molecular formula is C35H40FN3O3. The number of rotatable bonds is 6. The first-order valence-corrected chi connectivity index (χ1v) is 14.9. The summed E-state index contributed by atoms with van der Waals surface area (Å²) in [6.45, 7) is 9.83. The van der Waals surface area contributed by atoms with Crippen LogP contribution in [0.2, 0.25) is 0 Å². The Morgan fingerprint density at radius 3 is 2.38 bits per heavy atom. The van der Waals surface area contributed by atoms with Gasteiger partial charge < -0.3 is 15.1 Å². The van der Waals surface area contributed by atoms with E-state index in [0.29, 0.717) is 43.6 Å². The maximum Gasteiger partial charge on any atom is 0.257 e. The summed E-state index contributed by atoms with van der Waals surface area (Å²) in [5.74, 6) is -1.50. The van der Waals surface area contributed by atoms with Gasteiger partial charge in [-0.2, -0.15) is 0 Å². The van der Waals surface area contributed by atoms with Gasteiger partial charge in [-0.15, -0.1) is 0 Å². The number of hydrogen-bond acceptors (Lipinski definition) is 3. The molecule has 2 saturated heterocycles. The second kappa shape index (κ2) is 12.1. The van der Waals surface area contributed by atoms with Crippen LogP contribution in [0.4, 0.5) is 10.1 Å². The van der Waals surface area contributed by atoms with Crippen molar-refractivity contribution < 1.29 is 18.8 Å². The molecule has 1 N–H and O–H groups in total. The van der Waals surface area contributed by atoms with E-state index in [9.17, 15) is 18.8 Å². The van der Waals surface area contributed by atoms with E-state index in [2.05, 4.69) is 26.1 Å². The van der Waals surface area contributed by atoms with E-state index < -0.39 is 23.7 Å². The molecule has 0 aliphatic carbocycles. The predicted octanol–water partition coefficient (Wildman–Crippen LogP) is 6.79. The largest absolute Gasteiger partial charge is 0.338 e. The molecule has 3 aromatic carbocycles. The Morgan fingerprint density at radius 2 is 1.71 bits per heavy atom. The second-order valence-corrected chi connectivity index (χ2v) is 12.6. The van der Waals surface area contributed by atoms with Crippen molar-refractivity contribution in [3.8, 4) is 0 Å². The smallest absolute Gasteiger partial charge is 0.257 e. The molecule has 2 atom stereocenters. The van der Waals surface area contributed by atoms with E-state index in [1.54, 1.807) is 24.0 Å². The van der Waals surface area contributed by atoms with Gasteiger partial charge in [0.1, 0.15) is 5.82 Å². The van der Waals surface area contributed by atoms with Crippen molar-refractivity contribution in [1.82, 2.24) is 9.80 Å². The summed E-state index contributed by atoms with van der Waals surface area (Å²) in [6.07, 6.45) is 2.69. The highest BCUT2D eigenvalue weighted by Crippen LogP contribution is 2.39. The molecule has 3 aromatic rings. The molecule has 7 heteroatoms. The number of hydrogen-bond donors (Lipinski definition) is 1. The van der Waals surface area contributed by atoms with E-state index in [0.717, 1.165) is 29.7 Å². The van der Waals surface area contributed by atoms with Gasteiger partial charge in [-0.05, 0) is 72.1 Å². The summed E-state index contributed by atoms with van der Waals surface area (Å²) in [6, 6.07) is 19.8. The third kappa shape index (κ3) is 6.25. The molecule has 0 aromatic heterocycles. The molecule has 0 spiro atoms. The minimum absolute atomic E-state index is 0.0469. The van der Waals surface area contributed by atoms with E-state index in [4.69, 9.17) is 0 Å². The van der Waals surface area contributed by atoms with Crippen LogP contribution in [0.3, 0.4) is 0 Å². The van der Waals surface area contributed by atoms with E-state index in [1.807, 2.05) is 53.4 Å². The first-order valence-electron chi connectivity index (χ1n) is 14.9. The monoisotopic (exact) mass is 569 g/mol. The quantitative estimate of drug-likeness (QED) is 0.356. The molecular weight excluding hydrogens is 529 g/mol. The standard InChI is InChI=1S/C35H40FN3O3/c1-23-9-5-13-29(36)31(23)34(42)39-20-7-12-28(33(41)37-27-11-6-10-26(21-27)35(2,3)4)32(39)25-17-15-24(16-18-25)22-38-19-8-14-30(38)40/h5-6,9-11,13,15-18,21,28,32H,7-8,12,14,19-20,22H2,1-4H3,(H,37,41)/t28-,32-/m0/s1. The number of piperidine rings is 1. The van der Waals surface area contributed by atoms with Crippen molar-refractivity contribution in [2.45, 2.75) is 71.4 Å². The number of carbonyl (C=O) groups excluding carboxylic acids is 3. The van der Waals surface area contributed by atoms with E-state index >= 15 is 0 Å². The normalized spacial score (nSPS) is 19.2. The molecule has 2 fully saturated rings. The third-order valence-corrected chi connectivity index (χ3v) is 8.53. The maximum absolute atomic E-state index is 15.0. The molecule has 6 nitrogen and oxygen atoms in total. The van der Waals surface area contributed by atoms with Crippen molar-refractivity contribution in [2.75, 3.05) is 18.4 Å². The molecule has 0 saturated carbocycles. The molecule has 42 heavy (non-hydrogen) atoms. The molecule has 3 amide bonds. The predicted molar refractivity (Wildman–Crippen MR) is 163 cm³/mol. The number of nitrogens with one attached hydrogen (secondary N) is 1. The lowest BCUT2D eigenvalue weighted by atomic mass is 9.82. The van der Waals surface area contributed by atoms with Gasteiger partial charge >= 0.3 is 0 Å².